The number of halogens is 6. The summed E-state index contributed by atoms with van der Waals surface area (Å²) in [6.07, 6.45) is 0. The van der Waals surface area contributed by atoms with Crippen molar-refractivity contribution in [3.05, 3.63) is 60.8 Å². The van der Waals surface area contributed by atoms with Crippen LogP contribution in [-0.2, 0) is 11.3 Å². The zero-order valence-electron chi connectivity index (χ0n) is 16.8. The monoisotopic (exact) mass is 526 g/mol. The van der Waals surface area contributed by atoms with Gasteiger partial charge in [0, 0.05) is 31.7 Å². The van der Waals surface area contributed by atoms with Gasteiger partial charge >= 0.3 is 0 Å². The Morgan fingerprint density at radius 2 is 1.48 bits per heavy atom. The minimum atomic E-state index is -0.275. The Bertz CT molecular complexity index is 944. The highest BCUT2D eigenvalue weighted by Crippen LogP contribution is 2.48. The van der Waals surface area contributed by atoms with Gasteiger partial charge in [-0.15, -0.1) is 0 Å². The van der Waals surface area contributed by atoms with Crippen LogP contribution in [0.2, 0.25) is 25.1 Å². The number of benzene rings is 2. The summed E-state index contributed by atoms with van der Waals surface area (Å²) in [5.41, 5.74) is 1.02. The van der Waals surface area contributed by atoms with Crippen molar-refractivity contribution in [1.82, 2.24) is 9.80 Å². The maximum absolute atomic E-state index is 13.1. The van der Waals surface area contributed by atoms with Gasteiger partial charge in [0.1, 0.15) is 15.9 Å². The number of hydrogen-bond acceptors (Lipinski definition) is 3. The molecule has 0 spiro atoms. The van der Waals surface area contributed by atoms with E-state index in [9.17, 15) is 9.18 Å². The summed E-state index contributed by atoms with van der Waals surface area (Å²) >= 11 is 30.4. The Morgan fingerprint density at radius 3 is 2.06 bits per heavy atom. The molecule has 31 heavy (non-hydrogen) atoms. The molecule has 0 N–H and O–H groups in total. The van der Waals surface area contributed by atoms with Crippen LogP contribution >= 0.6 is 58.0 Å². The number of nitrogens with zero attached hydrogens (tertiary/aromatic N) is 2. The number of hydrogen-bond donors (Lipinski definition) is 0. The largest absolute Gasteiger partial charge is 0.481 e. The quantitative estimate of drug-likeness (QED) is 0.324. The van der Waals surface area contributed by atoms with Crippen LogP contribution in [0, 0.1) is 5.82 Å². The van der Waals surface area contributed by atoms with E-state index in [-0.39, 0.29) is 61.3 Å². The molecule has 1 fully saturated rings. The van der Waals surface area contributed by atoms with E-state index in [0.29, 0.717) is 19.6 Å². The Morgan fingerprint density at radius 1 is 0.935 bits per heavy atom. The molecule has 1 aliphatic heterocycles. The molecule has 168 valence electrons. The van der Waals surface area contributed by atoms with Gasteiger partial charge in [-0.25, -0.2) is 4.39 Å². The number of piperazine rings is 1. The van der Waals surface area contributed by atoms with Crippen LogP contribution in [0.1, 0.15) is 19.4 Å². The van der Waals surface area contributed by atoms with E-state index >= 15 is 0 Å². The van der Waals surface area contributed by atoms with E-state index in [2.05, 4.69) is 4.90 Å². The van der Waals surface area contributed by atoms with E-state index in [4.69, 9.17) is 62.7 Å². The minimum Gasteiger partial charge on any atom is -0.481 e. The fraction of sp³-hybridized carbons (Fsp3) is 0.381. The molecular formula is C21H20Cl5FN2O2. The van der Waals surface area contributed by atoms with Gasteiger partial charge in [-0.05, 0) is 31.5 Å². The third-order valence-corrected chi connectivity index (χ3v) is 7.49. The van der Waals surface area contributed by atoms with Crippen molar-refractivity contribution in [1.29, 1.82) is 0 Å². The summed E-state index contributed by atoms with van der Waals surface area (Å²) in [5, 5.41) is 0.0451. The molecule has 0 radical (unpaired) electrons. The van der Waals surface area contributed by atoms with Crippen LogP contribution in [0.25, 0.3) is 0 Å². The molecule has 1 saturated heterocycles. The van der Waals surface area contributed by atoms with Crippen molar-refractivity contribution in [2.75, 3.05) is 19.7 Å². The summed E-state index contributed by atoms with van der Waals surface area (Å²) < 4.78 is 18.7. The standard InChI is InChI=1S/C21H20Cl5FN2O2/c1-11-8-29(12(2)7-28(11)9-13-3-5-14(27)6-4-13)15(30)10-31-21-19(25)17(23)16(22)18(24)20(21)26/h3-6,11-12H,7-10H2,1-2H3/t11-,12+/m0/s1. The van der Waals surface area contributed by atoms with E-state index in [1.807, 2.05) is 13.8 Å². The average molecular weight is 529 g/mol. The molecule has 0 bridgehead atoms. The topological polar surface area (TPSA) is 32.8 Å². The Kier molecular flexibility index (Phi) is 8.22. The van der Waals surface area contributed by atoms with Crippen LogP contribution in [0.3, 0.4) is 0 Å². The third-order valence-electron chi connectivity index (χ3n) is 5.24. The second-order valence-electron chi connectivity index (χ2n) is 7.49. The van der Waals surface area contributed by atoms with E-state index in [1.54, 1.807) is 17.0 Å². The lowest BCUT2D eigenvalue weighted by molar-refractivity contribution is -0.139. The molecule has 1 amide bonds. The van der Waals surface area contributed by atoms with Crippen molar-refractivity contribution in [3.63, 3.8) is 0 Å². The van der Waals surface area contributed by atoms with Crippen LogP contribution in [0.15, 0.2) is 24.3 Å². The first-order valence-electron chi connectivity index (χ1n) is 9.52. The summed E-state index contributed by atoms with van der Waals surface area (Å²) in [4.78, 5) is 16.9. The lowest BCUT2D eigenvalue weighted by Crippen LogP contribution is -2.58. The lowest BCUT2D eigenvalue weighted by atomic mass is 10.1. The molecule has 1 heterocycles. The van der Waals surface area contributed by atoms with Crippen LogP contribution in [0.4, 0.5) is 4.39 Å². The molecule has 3 rings (SSSR count). The fourth-order valence-corrected chi connectivity index (χ4v) is 4.75. The van der Waals surface area contributed by atoms with Gasteiger partial charge in [0.05, 0.1) is 15.1 Å². The summed E-state index contributed by atoms with van der Waals surface area (Å²) in [6.45, 7) is 5.61. The van der Waals surface area contributed by atoms with Crippen LogP contribution in [0.5, 0.6) is 5.75 Å². The summed E-state index contributed by atoms with van der Waals surface area (Å²) in [7, 11) is 0. The van der Waals surface area contributed by atoms with Crippen LogP contribution in [-0.4, -0.2) is 47.5 Å². The molecule has 1 aliphatic rings. The van der Waals surface area contributed by atoms with Crippen molar-refractivity contribution in [2.45, 2.75) is 32.5 Å². The molecule has 2 atom stereocenters. The predicted molar refractivity (Wildman–Crippen MR) is 124 cm³/mol. The molecule has 2 aromatic carbocycles. The first-order valence-corrected chi connectivity index (χ1v) is 11.4. The molecule has 2 aromatic rings. The van der Waals surface area contributed by atoms with Gasteiger partial charge < -0.3 is 9.64 Å². The number of carbonyl (C=O) groups excluding carboxylic acids is 1. The van der Waals surface area contributed by atoms with Crippen molar-refractivity contribution in [2.24, 2.45) is 0 Å². The smallest absolute Gasteiger partial charge is 0.260 e. The van der Waals surface area contributed by atoms with Crippen molar-refractivity contribution >= 4 is 63.9 Å². The molecule has 4 nitrogen and oxygen atoms in total. The first-order chi connectivity index (χ1) is 14.6. The predicted octanol–water partition coefficient (Wildman–Crippen LogP) is 6.59. The maximum Gasteiger partial charge on any atom is 0.260 e. The Labute approximate surface area is 205 Å². The number of ether oxygens (including phenoxy) is 1. The lowest BCUT2D eigenvalue weighted by Gasteiger charge is -2.44. The highest BCUT2D eigenvalue weighted by molar-refractivity contribution is 6.55. The maximum atomic E-state index is 13.1. The molecule has 0 saturated carbocycles. The van der Waals surface area contributed by atoms with Gasteiger partial charge in [0.25, 0.3) is 5.91 Å². The zero-order valence-corrected chi connectivity index (χ0v) is 20.6. The SMILES string of the molecule is C[C@@H]1CN(Cc2ccc(F)cc2)[C@@H](C)CN1C(=O)COc1c(Cl)c(Cl)c(Cl)c(Cl)c1Cl. The van der Waals surface area contributed by atoms with Crippen LogP contribution < -0.4 is 4.74 Å². The second kappa shape index (κ2) is 10.3. The number of rotatable bonds is 5. The van der Waals surface area contributed by atoms with Gasteiger partial charge in [0.15, 0.2) is 12.4 Å². The minimum absolute atomic E-state index is 0.000555. The van der Waals surface area contributed by atoms with E-state index in [1.165, 1.54) is 12.1 Å². The molecule has 0 aliphatic carbocycles. The number of amides is 1. The van der Waals surface area contributed by atoms with Crippen molar-refractivity contribution < 1.29 is 13.9 Å². The Balaban J connectivity index is 1.64. The number of carbonyl (C=O) groups is 1. The molecule has 10 heteroatoms. The van der Waals surface area contributed by atoms with Gasteiger partial charge in [-0.3, -0.25) is 9.69 Å². The summed E-state index contributed by atoms with van der Waals surface area (Å²) in [5.74, 6) is -0.453. The Hall–Kier alpha value is -0.950. The van der Waals surface area contributed by atoms with E-state index < -0.39 is 0 Å². The van der Waals surface area contributed by atoms with Gasteiger partial charge in [-0.1, -0.05) is 70.1 Å². The average Bonchev–Trinajstić information content (AvgIpc) is 2.74. The zero-order chi connectivity index (χ0) is 22.9. The highest BCUT2D eigenvalue weighted by atomic mass is 35.5. The van der Waals surface area contributed by atoms with E-state index in [0.717, 1.165) is 5.56 Å². The highest BCUT2D eigenvalue weighted by Gasteiger charge is 2.32. The van der Waals surface area contributed by atoms with Crippen molar-refractivity contribution in [3.8, 4) is 5.75 Å². The molecule has 0 unspecified atom stereocenters. The van der Waals surface area contributed by atoms with Gasteiger partial charge in [0.2, 0.25) is 0 Å². The fourth-order valence-electron chi connectivity index (χ4n) is 3.52. The second-order valence-corrected chi connectivity index (χ2v) is 9.38. The third kappa shape index (κ3) is 5.52. The molecular weight excluding hydrogens is 509 g/mol. The normalized spacial score (nSPS) is 19.5. The van der Waals surface area contributed by atoms with Gasteiger partial charge in [-0.2, -0.15) is 0 Å². The molecule has 0 aromatic heterocycles. The summed E-state index contributed by atoms with van der Waals surface area (Å²) in [6, 6.07) is 6.51. The first kappa shape index (κ1) is 24.7.